The minimum atomic E-state index is -0.273. The Morgan fingerprint density at radius 2 is 1.81 bits per heavy atom. The zero-order chi connectivity index (χ0) is 18.7. The third-order valence-electron chi connectivity index (χ3n) is 3.56. The van der Waals surface area contributed by atoms with E-state index in [9.17, 15) is 4.79 Å². The van der Waals surface area contributed by atoms with Gasteiger partial charge >= 0.3 is 0 Å². The summed E-state index contributed by atoms with van der Waals surface area (Å²) in [5.41, 5.74) is 2.34. The maximum Gasteiger partial charge on any atom is 0.265 e. The summed E-state index contributed by atoms with van der Waals surface area (Å²) in [4.78, 5) is 13.0. The Hall–Kier alpha value is -1.72. The predicted octanol–water partition coefficient (Wildman–Crippen LogP) is 6.85. The van der Waals surface area contributed by atoms with Crippen LogP contribution in [0.4, 0.5) is 5.69 Å². The maximum absolute atomic E-state index is 12.4. The van der Waals surface area contributed by atoms with Gasteiger partial charge in [0.1, 0.15) is 12.4 Å². The van der Waals surface area contributed by atoms with Gasteiger partial charge in [-0.25, -0.2) is 0 Å². The lowest BCUT2D eigenvalue weighted by Gasteiger charge is -2.08. The topological polar surface area (TPSA) is 38.3 Å². The highest BCUT2D eigenvalue weighted by Crippen LogP contribution is 2.31. The number of amides is 1. The molecule has 0 bridgehead atoms. The van der Waals surface area contributed by atoms with E-state index in [0.29, 0.717) is 38.0 Å². The molecule has 0 saturated carbocycles. The molecule has 1 aromatic heterocycles. The van der Waals surface area contributed by atoms with Crippen LogP contribution in [0.15, 0.2) is 47.8 Å². The zero-order valence-electron chi connectivity index (χ0n) is 13.7. The number of thiophene rings is 1. The van der Waals surface area contributed by atoms with Crippen LogP contribution in [0.5, 0.6) is 5.75 Å². The van der Waals surface area contributed by atoms with E-state index in [1.807, 2.05) is 24.4 Å². The first kappa shape index (κ1) is 19.1. The van der Waals surface area contributed by atoms with Gasteiger partial charge < -0.3 is 10.1 Å². The Morgan fingerprint density at radius 3 is 2.54 bits per heavy atom. The van der Waals surface area contributed by atoms with Crippen LogP contribution in [0.25, 0.3) is 0 Å². The van der Waals surface area contributed by atoms with Gasteiger partial charge in [-0.3, -0.25) is 4.79 Å². The molecule has 26 heavy (non-hydrogen) atoms. The standard InChI is InChI=1S/C19H14Cl3NO2S/c1-11-5-6-13(20)16(7-11)25-9-12-8-17(26-10-12)19(24)23-18-14(21)3-2-4-15(18)22/h2-8,10H,9H2,1H3,(H,23,24). The molecule has 0 atom stereocenters. The summed E-state index contributed by atoms with van der Waals surface area (Å²) in [5, 5.41) is 5.94. The molecule has 1 heterocycles. The number of carbonyl (C=O) groups is 1. The van der Waals surface area contributed by atoms with Gasteiger partial charge in [-0.15, -0.1) is 11.3 Å². The van der Waals surface area contributed by atoms with Gasteiger partial charge in [-0.05, 0) is 48.2 Å². The third kappa shape index (κ3) is 4.51. The number of halogens is 3. The first-order valence-electron chi connectivity index (χ1n) is 7.66. The SMILES string of the molecule is Cc1ccc(Cl)c(OCc2csc(C(=O)Nc3c(Cl)cccc3Cl)c2)c1. The van der Waals surface area contributed by atoms with Crippen molar-refractivity contribution >= 4 is 57.7 Å². The van der Waals surface area contributed by atoms with Gasteiger partial charge in [-0.2, -0.15) is 0 Å². The first-order valence-corrected chi connectivity index (χ1v) is 9.67. The van der Waals surface area contributed by atoms with Gasteiger partial charge in [-0.1, -0.05) is 46.9 Å². The fourth-order valence-electron chi connectivity index (χ4n) is 2.24. The lowest BCUT2D eigenvalue weighted by atomic mass is 10.2. The van der Waals surface area contributed by atoms with E-state index in [2.05, 4.69) is 5.32 Å². The first-order chi connectivity index (χ1) is 12.4. The molecular formula is C19H14Cl3NO2S. The Kier molecular flexibility index (Phi) is 6.09. The molecule has 134 valence electrons. The van der Waals surface area contributed by atoms with Crippen LogP contribution in [0.2, 0.25) is 15.1 Å². The van der Waals surface area contributed by atoms with Crippen molar-refractivity contribution in [1.29, 1.82) is 0 Å². The number of aryl methyl sites for hydroxylation is 1. The smallest absolute Gasteiger partial charge is 0.265 e. The fraction of sp³-hybridized carbons (Fsp3) is 0.105. The van der Waals surface area contributed by atoms with Crippen LogP contribution in [-0.2, 0) is 6.61 Å². The zero-order valence-corrected chi connectivity index (χ0v) is 16.8. The molecular weight excluding hydrogens is 413 g/mol. The number of ether oxygens (including phenoxy) is 1. The van der Waals surface area contributed by atoms with Gasteiger partial charge in [0.05, 0.1) is 25.6 Å². The largest absolute Gasteiger partial charge is 0.487 e. The minimum Gasteiger partial charge on any atom is -0.487 e. The Labute approximate surface area is 170 Å². The van der Waals surface area contributed by atoms with Crippen molar-refractivity contribution in [3.8, 4) is 5.75 Å². The van der Waals surface area contributed by atoms with Crippen molar-refractivity contribution in [1.82, 2.24) is 0 Å². The summed E-state index contributed by atoms with van der Waals surface area (Å²) in [7, 11) is 0. The van der Waals surface area contributed by atoms with Crippen molar-refractivity contribution in [2.45, 2.75) is 13.5 Å². The van der Waals surface area contributed by atoms with Gasteiger partial charge in [0.25, 0.3) is 5.91 Å². The van der Waals surface area contributed by atoms with Crippen LogP contribution in [0.3, 0.4) is 0 Å². The maximum atomic E-state index is 12.4. The van der Waals surface area contributed by atoms with E-state index >= 15 is 0 Å². The summed E-state index contributed by atoms with van der Waals surface area (Å²) < 4.78 is 5.75. The van der Waals surface area contributed by atoms with Gasteiger partial charge in [0, 0.05) is 5.56 Å². The summed E-state index contributed by atoms with van der Waals surface area (Å²) in [5.74, 6) is 0.344. The number of hydrogen-bond acceptors (Lipinski definition) is 3. The summed E-state index contributed by atoms with van der Waals surface area (Å²) in [6.07, 6.45) is 0. The highest BCUT2D eigenvalue weighted by molar-refractivity contribution is 7.12. The average molecular weight is 427 g/mol. The van der Waals surface area contributed by atoms with Crippen molar-refractivity contribution < 1.29 is 9.53 Å². The lowest BCUT2D eigenvalue weighted by Crippen LogP contribution is -2.11. The summed E-state index contributed by atoms with van der Waals surface area (Å²) >= 11 is 19.6. The number of benzene rings is 2. The van der Waals surface area contributed by atoms with Crippen LogP contribution in [0, 0.1) is 6.92 Å². The Bertz CT molecular complexity index is 935. The average Bonchev–Trinajstić information content (AvgIpc) is 3.08. The van der Waals surface area contributed by atoms with E-state index in [1.54, 1.807) is 30.3 Å². The second kappa shape index (κ2) is 8.31. The highest BCUT2D eigenvalue weighted by Gasteiger charge is 2.14. The van der Waals surface area contributed by atoms with Crippen LogP contribution < -0.4 is 10.1 Å². The molecule has 7 heteroatoms. The van der Waals surface area contributed by atoms with Crippen molar-refractivity contribution in [3.63, 3.8) is 0 Å². The van der Waals surface area contributed by atoms with E-state index in [1.165, 1.54) is 11.3 Å². The molecule has 0 radical (unpaired) electrons. The van der Waals surface area contributed by atoms with E-state index < -0.39 is 0 Å². The second-order valence-electron chi connectivity index (χ2n) is 5.59. The highest BCUT2D eigenvalue weighted by atomic mass is 35.5. The van der Waals surface area contributed by atoms with Gasteiger partial charge in [0.2, 0.25) is 0 Å². The van der Waals surface area contributed by atoms with Crippen LogP contribution >= 0.6 is 46.1 Å². The molecule has 2 aromatic carbocycles. The molecule has 0 aliphatic heterocycles. The normalized spacial score (nSPS) is 10.6. The van der Waals surface area contributed by atoms with E-state index in [-0.39, 0.29) is 5.91 Å². The summed E-state index contributed by atoms with van der Waals surface area (Å²) in [6.45, 7) is 2.29. The monoisotopic (exact) mass is 425 g/mol. The van der Waals surface area contributed by atoms with Crippen LogP contribution in [-0.4, -0.2) is 5.91 Å². The molecule has 0 saturated heterocycles. The molecule has 1 amide bonds. The fourth-order valence-corrected chi connectivity index (χ4v) is 3.70. The van der Waals surface area contributed by atoms with Crippen LogP contribution in [0.1, 0.15) is 20.8 Å². The Balaban J connectivity index is 1.67. The van der Waals surface area contributed by atoms with Crippen molar-refractivity contribution in [2.75, 3.05) is 5.32 Å². The molecule has 0 aliphatic carbocycles. The third-order valence-corrected chi connectivity index (χ3v) is 5.48. The molecule has 3 aromatic rings. The molecule has 0 unspecified atom stereocenters. The number of anilines is 1. The Morgan fingerprint density at radius 1 is 1.08 bits per heavy atom. The molecule has 3 rings (SSSR count). The minimum absolute atomic E-state index is 0.273. The predicted molar refractivity (Wildman–Crippen MR) is 109 cm³/mol. The number of hydrogen-bond donors (Lipinski definition) is 1. The number of rotatable bonds is 5. The van der Waals surface area contributed by atoms with Crippen molar-refractivity contribution in [3.05, 3.63) is 78.9 Å². The molecule has 0 aliphatic rings. The second-order valence-corrected chi connectivity index (χ2v) is 7.73. The van der Waals surface area contributed by atoms with E-state index in [0.717, 1.165) is 11.1 Å². The lowest BCUT2D eigenvalue weighted by molar-refractivity contribution is 0.103. The molecule has 0 spiro atoms. The van der Waals surface area contributed by atoms with Crippen molar-refractivity contribution in [2.24, 2.45) is 0 Å². The molecule has 0 fully saturated rings. The number of para-hydroxylation sites is 1. The quantitative estimate of drug-likeness (QED) is 0.484. The number of carbonyl (C=O) groups excluding carboxylic acids is 1. The number of nitrogens with one attached hydrogen (secondary N) is 1. The van der Waals surface area contributed by atoms with E-state index in [4.69, 9.17) is 39.5 Å². The van der Waals surface area contributed by atoms with Gasteiger partial charge in [0.15, 0.2) is 0 Å². The molecule has 1 N–H and O–H groups in total. The molecule has 3 nitrogen and oxygen atoms in total. The summed E-state index contributed by atoms with van der Waals surface area (Å²) in [6, 6.07) is 12.4.